The smallest absolute Gasteiger partial charge is 0.387 e. The fraction of sp³-hybridized carbons (Fsp3) is 0.200. The maximum Gasteiger partial charge on any atom is 0.387 e. The molecule has 0 atom stereocenters. The molecule has 2 aromatic carbocycles. The number of nitrogens with one attached hydrogen (secondary N) is 1. The highest BCUT2D eigenvalue weighted by Gasteiger charge is 2.18. The molecule has 0 saturated carbocycles. The maximum atomic E-state index is 12.7. The third kappa shape index (κ3) is 4.80. The number of rotatable bonds is 7. The summed E-state index contributed by atoms with van der Waals surface area (Å²) in [6.45, 7) is -1.26. The molecule has 0 aliphatic rings. The first-order chi connectivity index (χ1) is 14.3. The van der Waals surface area contributed by atoms with Crippen molar-refractivity contribution < 1.29 is 27.8 Å². The van der Waals surface area contributed by atoms with Gasteiger partial charge in [0.2, 0.25) is 0 Å². The molecule has 10 heteroatoms. The highest BCUT2D eigenvalue weighted by atomic mass is 35.5. The molecule has 158 valence electrons. The van der Waals surface area contributed by atoms with E-state index >= 15 is 0 Å². The summed E-state index contributed by atoms with van der Waals surface area (Å²) in [6, 6.07) is 9.38. The first-order valence-electron chi connectivity index (χ1n) is 8.58. The van der Waals surface area contributed by atoms with E-state index in [9.17, 15) is 13.6 Å². The van der Waals surface area contributed by atoms with E-state index in [0.717, 1.165) is 5.56 Å². The van der Waals surface area contributed by atoms with E-state index in [4.69, 9.17) is 21.1 Å². The summed E-state index contributed by atoms with van der Waals surface area (Å²) in [6.07, 6.45) is 0. The van der Waals surface area contributed by atoms with Gasteiger partial charge in [-0.2, -0.15) is 8.78 Å². The van der Waals surface area contributed by atoms with Gasteiger partial charge in [-0.3, -0.25) is 4.79 Å². The van der Waals surface area contributed by atoms with Gasteiger partial charge in [0.25, 0.3) is 5.91 Å². The standard InChI is InChI=1S/C20H17ClF2N2O4S/c1-10-17(18(26)25-12-5-7-14(13(21)9-12)29-20(22)23)30-19(24-10)11-4-6-15(27-2)16(8-11)28-3/h4-9,20H,1-3H3,(H,25,26). The third-order valence-corrected chi connectivity index (χ3v) is 5.54. The summed E-state index contributed by atoms with van der Waals surface area (Å²) in [5.74, 6) is 0.572. The molecule has 3 aromatic rings. The van der Waals surface area contributed by atoms with Gasteiger partial charge in [-0.1, -0.05) is 11.6 Å². The zero-order valence-corrected chi connectivity index (χ0v) is 17.7. The zero-order chi connectivity index (χ0) is 21.8. The summed E-state index contributed by atoms with van der Waals surface area (Å²) < 4.78 is 39.5. The highest BCUT2D eigenvalue weighted by Crippen LogP contribution is 2.35. The van der Waals surface area contributed by atoms with Gasteiger partial charge < -0.3 is 19.5 Å². The van der Waals surface area contributed by atoms with Crippen molar-refractivity contribution in [3.63, 3.8) is 0 Å². The second-order valence-corrected chi connectivity index (χ2v) is 7.39. The molecular formula is C20H17ClF2N2O4S. The van der Waals surface area contributed by atoms with E-state index in [1.54, 1.807) is 26.2 Å². The Bertz CT molecular complexity index is 1070. The number of hydrogen-bond donors (Lipinski definition) is 1. The van der Waals surface area contributed by atoms with Crippen molar-refractivity contribution in [1.82, 2.24) is 4.98 Å². The van der Waals surface area contributed by atoms with Crippen LogP contribution in [0.15, 0.2) is 36.4 Å². The summed E-state index contributed by atoms with van der Waals surface area (Å²) in [4.78, 5) is 17.6. The van der Waals surface area contributed by atoms with E-state index in [0.29, 0.717) is 32.8 Å². The minimum absolute atomic E-state index is 0.0415. The lowest BCUT2D eigenvalue weighted by molar-refractivity contribution is -0.0497. The minimum atomic E-state index is -2.99. The van der Waals surface area contributed by atoms with Gasteiger partial charge in [0.1, 0.15) is 15.6 Å². The molecule has 0 bridgehead atoms. The normalized spacial score (nSPS) is 10.8. The number of alkyl halides is 2. The fourth-order valence-corrected chi connectivity index (χ4v) is 3.84. The Morgan fingerprint density at radius 1 is 1.10 bits per heavy atom. The number of halogens is 3. The summed E-state index contributed by atoms with van der Waals surface area (Å²) in [5, 5.41) is 3.28. The lowest BCUT2D eigenvalue weighted by Gasteiger charge is -2.09. The van der Waals surface area contributed by atoms with Gasteiger partial charge in [0, 0.05) is 11.3 Å². The van der Waals surface area contributed by atoms with Gasteiger partial charge in [0.15, 0.2) is 11.5 Å². The molecule has 0 aliphatic carbocycles. The number of benzene rings is 2. The largest absolute Gasteiger partial charge is 0.493 e. The number of anilines is 1. The molecule has 0 fully saturated rings. The van der Waals surface area contributed by atoms with Crippen molar-refractivity contribution in [3.8, 4) is 27.8 Å². The number of methoxy groups -OCH3 is 2. The van der Waals surface area contributed by atoms with E-state index in [1.807, 2.05) is 6.07 Å². The molecular weight excluding hydrogens is 438 g/mol. The van der Waals surface area contributed by atoms with Crippen LogP contribution in [-0.2, 0) is 0 Å². The molecule has 30 heavy (non-hydrogen) atoms. The number of carbonyl (C=O) groups is 1. The number of hydrogen-bond acceptors (Lipinski definition) is 6. The van der Waals surface area contributed by atoms with Crippen LogP contribution in [0.1, 0.15) is 15.4 Å². The average molecular weight is 455 g/mol. The van der Waals surface area contributed by atoms with Crippen LogP contribution >= 0.6 is 22.9 Å². The molecule has 6 nitrogen and oxygen atoms in total. The highest BCUT2D eigenvalue weighted by molar-refractivity contribution is 7.17. The monoisotopic (exact) mass is 454 g/mol. The maximum absolute atomic E-state index is 12.7. The molecule has 3 rings (SSSR count). The van der Waals surface area contributed by atoms with Crippen LogP contribution in [0.5, 0.6) is 17.2 Å². The lowest BCUT2D eigenvalue weighted by atomic mass is 10.2. The number of thiazole rings is 1. The number of ether oxygens (including phenoxy) is 3. The zero-order valence-electron chi connectivity index (χ0n) is 16.2. The van der Waals surface area contributed by atoms with Gasteiger partial charge in [-0.25, -0.2) is 4.98 Å². The van der Waals surface area contributed by atoms with Crippen molar-refractivity contribution in [2.45, 2.75) is 13.5 Å². The van der Waals surface area contributed by atoms with E-state index in [1.165, 1.54) is 36.6 Å². The number of amides is 1. The number of aromatic nitrogens is 1. The molecule has 0 unspecified atom stereocenters. The second kappa shape index (κ2) is 9.27. The summed E-state index contributed by atoms with van der Waals surface area (Å²) >= 11 is 7.14. The Hall–Kier alpha value is -2.91. The summed E-state index contributed by atoms with van der Waals surface area (Å²) in [7, 11) is 3.09. The van der Waals surface area contributed by atoms with Crippen LogP contribution in [0.2, 0.25) is 5.02 Å². The van der Waals surface area contributed by atoms with Crippen LogP contribution in [0.25, 0.3) is 10.6 Å². The van der Waals surface area contributed by atoms with Gasteiger partial charge in [0.05, 0.1) is 24.9 Å². The Labute approximate surface area is 180 Å². The average Bonchev–Trinajstić information content (AvgIpc) is 3.11. The third-order valence-electron chi connectivity index (χ3n) is 4.04. The van der Waals surface area contributed by atoms with Gasteiger partial charge in [-0.15, -0.1) is 11.3 Å². The Kier molecular flexibility index (Phi) is 6.73. The van der Waals surface area contributed by atoms with E-state index in [-0.39, 0.29) is 10.8 Å². The van der Waals surface area contributed by atoms with Crippen molar-refractivity contribution in [2.75, 3.05) is 19.5 Å². The van der Waals surface area contributed by atoms with Crippen LogP contribution in [0.4, 0.5) is 14.5 Å². The molecule has 1 amide bonds. The number of aryl methyl sites for hydroxylation is 1. The summed E-state index contributed by atoms with van der Waals surface area (Å²) in [5.41, 5.74) is 1.66. The van der Waals surface area contributed by atoms with E-state index < -0.39 is 12.5 Å². The van der Waals surface area contributed by atoms with Crippen molar-refractivity contribution in [1.29, 1.82) is 0 Å². The number of nitrogens with zero attached hydrogens (tertiary/aromatic N) is 1. The first kappa shape index (κ1) is 21.8. The van der Waals surface area contributed by atoms with Gasteiger partial charge >= 0.3 is 6.61 Å². The minimum Gasteiger partial charge on any atom is -0.493 e. The quantitative estimate of drug-likeness (QED) is 0.500. The molecule has 0 saturated heterocycles. The predicted octanol–water partition coefficient (Wildman–Crippen LogP) is 5.64. The Balaban J connectivity index is 1.81. The number of carbonyl (C=O) groups excluding carboxylic acids is 1. The molecule has 0 aliphatic heterocycles. The van der Waals surface area contributed by atoms with E-state index in [2.05, 4.69) is 15.0 Å². The predicted molar refractivity (Wildman–Crippen MR) is 111 cm³/mol. The molecule has 0 radical (unpaired) electrons. The van der Waals surface area contributed by atoms with Crippen LogP contribution in [0, 0.1) is 6.92 Å². The molecule has 1 aromatic heterocycles. The lowest BCUT2D eigenvalue weighted by Crippen LogP contribution is -2.11. The molecule has 1 N–H and O–H groups in total. The Morgan fingerprint density at radius 2 is 1.80 bits per heavy atom. The fourth-order valence-electron chi connectivity index (χ4n) is 2.66. The SMILES string of the molecule is COc1ccc(-c2nc(C)c(C(=O)Nc3ccc(OC(F)F)c(Cl)c3)s2)cc1OC. The van der Waals surface area contributed by atoms with Crippen molar-refractivity contribution in [2.24, 2.45) is 0 Å². The molecule has 1 heterocycles. The Morgan fingerprint density at radius 3 is 2.43 bits per heavy atom. The van der Waals surface area contributed by atoms with Crippen molar-refractivity contribution in [3.05, 3.63) is 52.0 Å². The topological polar surface area (TPSA) is 69.7 Å². The molecule has 0 spiro atoms. The second-order valence-electron chi connectivity index (χ2n) is 5.98. The van der Waals surface area contributed by atoms with Crippen LogP contribution in [0.3, 0.4) is 0 Å². The first-order valence-corrected chi connectivity index (χ1v) is 9.77. The van der Waals surface area contributed by atoms with Crippen LogP contribution in [-0.4, -0.2) is 31.7 Å². The van der Waals surface area contributed by atoms with Gasteiger partial charge in [-0.05, 0) is 43.3 Å². The van der Waals surface area contributed by atoms with Crippen molar-refractivity contribution >= 4 is 34.5 Å². The van der Waals surface area contributed by atoms with Crippen LogP contribution < -0.4 is 19.5 Å².